The Morgan fingerprint density at radius 3 is 2.42 bits per heavy atom. The molecule has 0 radical (unpaired) electrons. The molecule has 0 bridgehead atoms. The quantitative estimate of drug-likeness (QED) is 0.772. The number of carbonyl (C=O) groups excluding carboxylic acids is 1. The van der Waals surface area contributed by atoms with E-state index in [-0.39, 0.29) is 17.3 Å². The smallest absolute Gasteiger partial charge is 0.412 e. The molecule has 0 saturated carbocycles. The second-order valence-electron chi connectivity index (χ2n) is 4.72. The van der Waals surface area contributed by atoms with E-state index >= 15 is 0 Å². The van der Waals surface area contributed by atoms with E-state index in [1.165, 1.54) is 18.2 Å². The summed E-state index contributed by atoms with van der Waals surface area (Å²) in [6.07, 6.45) is 0.390. The van der Waals surface area contributed by atoms with Crippen molar-refractivity contribution < 1.29 is 19.4 Å². The van der Waals surface area contributed by atoms with Gasteiger partial charge in [0.15, 0.2) is 0 Å². The maximum absolute atomic E-state index is 11.8. The van der Waals surface area contributed by atoms with Crippen molar-refractivity contribution in [3.63, 3.8) is 0 Å². The van der Waals surface area contributed by atoms with Crippen LogP contribution in [0.5, 0.6) is 0 Å². The third-order valence-corrected chi connectivity index (χ3v) is 3.67. The summed E-state index contributed by atoms with van der Waals surface area (Å²) in [5.74, 6) is -1.31. The van der Waals surface area contributed by atoms with E-state index in [4.69, 9.17) is 27.9 Å². The van der Waals surface area contributed by atoms with Gasteiger partial charge < -0.3 is 9.84 Å². The largest absolute Gasteiger partial charge is 0.477 e. The van der Waals surface area contributed by atoms with E-state index in [9.17, 15) is 14.7 Å². The molecule has 0 aliphatic carbocycles. The lowest BCUT2D eigenvalue weighted by molar-refractivity contribution is -0.132. The molecule has 2 aromatic rings. The maximum atomic E-state index is 11.8. The summed E-state index contributed by atoms with van der Waals surface area (Å²) in [5.41, 5.74) is 0.926. The Morgan fingerprint density at radius 2 is 1.79 bits per heavy atom. The summed E-state index contributed by atoms with van der Waals surface area (Å²) < 4.78 is 4.99. The molecule has 0 spiro atoms. The second kappa shape index (κ2) is 8.38. The number of hydrogen-bond donors (Lipinski definition) is 2. The molecular weight excluding hydrogens is 353 g/mol. The molecule has 0 fully saturated rings. The molecule has 0 aliphatic heterocycles. The third-order valence-electron chi connectivity index (χ3n) is 2.93. The van der Waals surface area contributed by atoms with Crippen molar-refractivity contribution in [3.05, 3.63) is 75.4 Å². The van der Waals surface area contributed by atoms with Crippen molar-refractivity contribution in [2.24, 2.45) is 0 Å². The second-order valence-corrected chi connectivity index (χ2v) is 5.54. The number of carbonyl (C=O) groups is 2. The highest BCUT2D eigenvalue weighted by Gasteiger charge is 2.13. The summed E-state index contributed by atoms with van der Waals surface area (Å²) in [6.45, 7) is 0.0341. The zero-order chi connectivity index (χ0) is 17.5. The van der Waals surface area contributed by atoms with Crippen LogP contribution in [0.1, 0.15) is 11.1 Å². The highest BCUT2D eigenvalue weighted by molar-refractivity contribution is 6.42. The minimum absolute atomic E-state index is 0.0341. The van der Waals surface area contributed by atoms with Gasteiger partial charge in [0.25, 0.3) is 0 Å². The van der Waals surface area contributed by atoms with E-state index in [0.29, 0.717) is 10.6 Å². The van der Waals surface area contributed by atoms with Gasteiger partial charge in [-0.1, -0.05) is 59.6 Å². The van der Waals surface area contributed by atoms with Crippen molar-refractivity contribution in [2.75, 3.05) is 0 Å². The number of carboxylic acids is 1. The number of ether oxygens (including phenoxy) is 1. The normalized spacial score (nSPS) is 11.0. The lowest BCUT2D eigenvalue weighted by Gasteiger charge is -2.08. The van der Waals surface area contributed by atoms with Gasteiger partial charge in [-0.2, -0.15) is 0 Å². The van der Waals surface area contributed by atoms with Crippen molar-refractivity contribution in [1.29, 1.82) is 0 Å². The molecule has 0 aromatic heterocycles. The third kappa shape index (κ3) is 5.30. The fourth-order valence-corrected chi connectivity index (χ4v) is 2.10. The predicted molar refractivity (Wildman–Crippen MR) is 91.8 cm³/mol. The molecule has 0 saturated heterocycles. The van der Waals surface area contributed by atoms with Gasteiger partial charge in [0, 0.05) is 0 Å². The van der Waals surface area contributed by atoms with Gasteiger partial charge >= 0.3 is 12.1 Å². The molecule has 0 aliphatic rings. The Hall–Kier alpha value is -2.50. The Morgan fingerprint density at radius 1 is 1.08 bits per heavy atom. The first-order valence-electron chi connectivity index (χ1n) is 6.83. The topological polar surface area (TPSA) is 75.6 Å². The van der Waals surface area contributed by atoms with Crippen LogP contribution in [0, 0.1) is 0 Å². The molecule has 124 valence electrons. The average molecular weight is 366 g/mol. The van der Waals surface area contributed by atoms with Gasteiger partial charge in [0.1, 0.15) is 12.3 Å². The van der Waals surface area contributed by atoms with E-state index < -0.39 is 12.1 Å². The number of amides is 1. The predicted octanol–water partition coefficient (Wildman–Crippen LogP) is 4.35. The molecule has 7 heteroatoms. The Balaban J connectivity index is 2.04. The van der Waals surface area contributed by atoms with Crippen LogP contribution in [0.3, 0.4) is 0 Å². The number of aliphatic carboxylic acids is 1. The lowest BCUT2D eigenvalue weighted by atomic mass is 10.2. The van der Waals surface area contributed by atoms with Crippen molar-refractivity contribution in [2.45, 2.75) is 6.61 Å². The first-order chi connectivity index (χ1) is 11.5. The first kappa shape index (κ1) is 17.8. The zero-order valence-corrected chi connectivity index (χ0v) is 13.8. The molecule has 24 heavy (non-hydrogen) atoms. The average Bonchev–Trinajstić information content (AvgIpc) is 2.56. The SMILES string of the molecule is O=C(NC(=Cc1ccc(Cl)c(Cl)c1)C(=O)O)OCc1ccccc1. The molecule has 2 N–H and O–H groups in total. The van der Waals surface area contributed by atoms with Crippen molar-refractivity contribution in [1.82, 2.24) is 5.32 Å². The highest BCUT2D eigenvalue weighted by atomic mass is 35.5. The number of carboxylic acid groups (broad SMARTS) is 1. The van der Waals surface area contributed by atoms with E-state index in [1.54, 1.807) is 18.2 Å². The Kier molecular flexibility index (Phi) is 6.23. The van der Waals surface area contributed by atoms with Gasteiger partial charge in [-0.3, -0.25) is 5.32 Å². The lowest BCUT2D eigenvalue weighted by Crippen LogP contribution is -2.27. The van der Waals surface area contributed by atoms with Crippen molar-refractivity contribution in [3.8, 4) is 0 Å². The fraction of sp³-hybridized carbons (Fsp3) is 0.0588. The standard InChI is InChI=1S/C17H13Cl2NO4/c18-13-7-6-12(8-14(13)19)9-15(16(21)22)20-17(23)24-10-11-4-2-1-3-5-11/h1-9H,10H2,(H,20,23)(H,21,22). The zero-order valence-electron chi connectivity index (χ0n) is 12.3. The molecule has 1 amide bonds. The molecule has 2 aromatic carbocycles. The minimum atomic E-state index is -1.31. The van der Waals surface area contributed by atoms with Crippen LogP contribution in [0.2, 0.25) is 10.0 Å². The molecule has 0 heterocycles. The van der Waals surface area contributed by atoms with Crippen LogP contribution in [0.4, 0.5) is 4.79 Å². The number of rotatable bonds is 5. The van der Waals surface area contributed by atoms with Crippen LogP contribution in [0.15, 0.2) is 54.2 Å². The van der Waals surface area contributed by atoms with Crippen molar-refractivity contribution >= 4 is 41.3 Å². The summed E-state index contributed by atoms with van der Waals surface area (Å²) in [7, 11) is 0. The van der Waals surface area contributed by atoms with E-state index in [1.807, 2.05) is 18.2 Å². The van der Waals surface area contributed by atoms with Gasteiger partial charge in [0.05, 0.1) is 10.0 Å². The monoisotopic (exact) mass is 365 g/mol. The molecule has 5 nitrogen and oxygen atoms in total. The Bertz CT molecular complexity index is 775. The molecule has 0 unspecified atom stereocenters. The van der Waals surface area contributed by atoms with Crippen LogP contribution >= 0.6 is 23.2 Å². The van der Waals surface area contributed by atoms with Gasteiger partial charge in [0.2, 0.25) is 0 Å². The summed E-state index contributed by atoms with van der Waals surface area (Å²) in [5, 5.41) is 12.0. The summed E-state index contributed by atoms with van der Waals surface area (Å²) in [4.78, 5) is 23.0. The van der Waals surface area contributed by atoms with Gasteiger partial charge in [-0.05, 0) is 29.3 Å². The van der Waals surface area contributed by atoms with Gasteiger partial charge in [-0.15, -0.1) is 0 Å². The summed E-state index contributed by atoms with van der Waals surface area (Å²) >= 11 is 11.7. The molecule has 0 atom stereocenters. The van der Waals surface area contributed by atoms with Gasteiger partial charge in [-0.25, -0.2) is 9.59 Å². The molecule has 2 rings (SSSR count). The number of benzene rings is 2. The number of alkyl carbamates (subject to hydrolysis) is 1. The Labute approximate surface area is 148 Å². The fourth-order valence-electron chi connectivity index (χ4n) is 1.79. The van der Waals surface area contributed by atoms with E-state index in [2.05, 4.69) is 5.32 Å². The highest BCUT2D eigenvalue weighted by Crippen LogP contribution is 2.23. The van der Waals surface area contributed by atoms with Crippen LogP contribution in [-0.4, -0.2) is 17.2 Å². The molecular formula is C17H13Cl2NO4. The number of hydrogen-bond acceptors (Lipinski definition) is 3. The van der Waals surface area contributed by atoms with E-state index in [0.717, 1.165) is 5.56 Å². The number of nitrogens with one attached hydrogen (secondary N) is 1. The van der Waals surface area contributed by atoms with Crippen LogP contribution in [0.25, 0.3) is 6.08 Å². The maximum Gasteiger partial charge on any atom is 0.412 e. The van der Waals surface area contributed by atoms with Crippen LogP contribution in [-0.2, 0) is 16.1 Å². The number of halogens is 2. The minimum Gasteiger partial charge on any atom is -0.477 e. The first-order valence-corrected chi connectivity index (χ1v) is 7.59. The summed E-state index contributed by atoms with van der Waals surface area (Å²) in [6, 6.07) is 13.6. The van der Waals surface area contributed by atoms with Crippen LogP contribution < -0.4 is 5.32 Å².